The van der Waals surface area contributed by atoms with E-state index in [4.69, 9.17) is 0 Å². The number of aromatic nitrogens is 2. The fourth-order valence-electron chi connectivity index (χ4n) is 1.09. The van der Waals surface area contributed by atoms with Crippen molar-refractivity contribution in [2.45, 2.75) is 0 Å². The molecule has 0 saturated heterocycles. The Balaban J connectivity index is 0. The minimum absolute atomic E-state index is 0. The second kappa shape index (κ2) is 10.8. The normalized spacial score (nSPS) is 12.1. The molecular weight excluding hydrogens is 336 g/mol. The van der Waals surface area contributed by atoms with E-state index >= 15 is 0 Å². The van der Waals surface area contributed by atoms with Crippen molar-refractivity contribution in [3.63, 3.8) is 0 Å². The second-order valence-electron chi connectivity index (χ2n) is 3.02. The molecule has 0 fully saturated rings. The first kappa shape index (κ1) is 17.6. The molecule has 2 rings (SSSR count). The molecule has 0 atom stereocenters. The summed E-state index contributed by atoms with van der Waals surface area (Å²) < 4.78 is 0. The van der Waals surface area contributed by atoms with Gasteiger partial charge in [0.15, 0.2) is 0 Å². The number of halogens is 2. The first-order chi connectivity index (χ1) is 6.83. The molecule has 0 unspecified atom stereocenters. The van der Waals surface area contributed by atoms with Gasteiger partial charge in [-0.3, -0.25) is 0 Å². The van der Waals surface area contributed by atoms with E-state index in [-0.39, 0.29) is 34.0 Å². The highest BCUT2D eigenvalue weighted by atomic mass is 79.9. The molecule has 6 heteroatoms. The molecule has 0 aliphatic carbocycles. The Bertz CT molecular complexity index is 257. The fourth-order valence-corrected chi connectivity index (χ4v) is 1.09. The summed E-state index contributed by atoms with van der Waals surface area (Å²) in [7, 11) is 2.06. The standard InChI is InChI=1S/C7H12N2.C3H4N2.2BrH/c1-3-4-9-6-5-8(2)7-9;1-2-5-3-4-1;;/h3,5-6H,1,4,7H2,2H3;1-3H,(H,4,5);2*1H. The van der Waals surface area contributed by atoms with Crippen molar-refractivity contribution in [2.75, 3.05) is 20.3 Å². The SMILES string of the molecule is Br.Br.C=CCN1C=CN(C)C1.c1c[nH]cn1. The lowest BCUT2D eigenvalue weighted by Crippen LogP contribution is -2.21. The molecule has 1 N–H and O–H groups in total. The van der Waals surface area contributed by atoms with Crippen molar-refractivity contribution in [3.8, 4) is 0 Å². The van der Waals surface area contributed by atoms with E-state index in [1.807, 2.05) is 6.08 Å². The van der Waals surface area contributed by atoms with Gasteiger partial charge < -0.3 is 14.8 Å². The lowest BCUT2D eigenvalue weighted by molar-refractivity contribution is 0.318. The summed E-state index contributed by atoms with van der Waals surface area (Å²) >= 11 is 0. The van der Waals surface area contributed by atoms with Gasteiger partial charge in [0.2, 0.25) is 0 Å². The summed E-state index contributed by atoms with van der Waals surface area (Å²) in [4.78, 5) is 10.7. The first-order valence-electron chi connectivity index (χ1n) is 4.49. The summed E-state index contributed by atoms with van der Waals surface area (Å²) in [6.45, 7) is 5.59. The van der Waals surface area contributed by atoms with E-state index in [1.54, 1.807) is 18.7 Å². The Morgan fingerprint density at radius 1 is 1.44 bits per heavy atom. The zero-order chi connectivity index (χ0) is 10.2. The van der Waals surface area contributed by atoms with Crippen molar-refractivity contribution < 1.29 is 0 Å². The Hall–Kier alpha value is -0.750. The minimum Gasteiger partial charge on any atom is -0.362 e. The van der Waals surface area contributed by atoms with Gasteiger partial charge in [-0.15, -0.1) is 40.5 Å². The van der Waals surface area contributed by atoms with Crippen LogP contribution in [0.15, 0.2) is 43.8 Å². The van der Waals surface area contributed by atoms with E-state index in [9.17, 15) is 0 Å². The number of nitrogens with one attached hydrogen (secondary N) is 1. The van der Waals surface area contributed by atoms with E-state index in [1.165, 1.54) is 0 Å². The molecule has 0 bridgehead atoms. The third kappa shape index (κ3) is 7.53. The number of hydrogen-bond acceptors (Lipinski definition) is 3. The van der Waals surface area contributed by atoms with Crippen LogP contribution >= 0.6 is 34.0 Å². The number of rotatable bonds is 2. The van der Waals surface area contributed by atoms with Crippen LogP contribution in [0.25, 0.3) is 0 Å². The molecule has 1 aliphatic rings. The Morgan fingerprint density at radius 2 is 2.19 bits per heavy atom. The van der Waals surface area contributed by atoms with Crippen LogP contribution < -0.4 is 0 Å². The molecule has 16 heavy (non-hydrogen) atoms. The first-order valence-corrected chi connectivity index (χ1v) is 4.49. The largest absolute Gasteiger partial charge is 0.362 e. The van der Waals surface area contributed by atoms with Crippen LogP contribution in [0.2, 0.25) is 0 Å². The monoisotopic (exact) mass is 352 g/mol. The van der Waals surface area contributed by atoms with E-state index in [0.717, 1.165) is 13.2 Å². The van der Waals surface area contributed by atoms with Crippen LogP contribution in [0.1, 0.15) is 0 Å². The average molecular weight is 354 g/mol. The molecule has 1 aromatic rings. The third-order valence-corrected chi connectivity index (χ3v) is 1.71. The molecule has 0 saturated carbocycles. The summed E-state index contributed by atoms with van der Waals surface area (Å²) in [6.07, 6.45) is 11.1. The molecule has 1 aliphatic heterocycles. The molecular formula is C10H18Br2N4. The number of nitrogens with zero attached hydrogens (tertiary/aromatic N) is 3. The zero-order valence-electron chi connectivity index (χ0n) is 9.24. The Labute approximate surface area is 118 Å². The van der Waals surface area contributed by atoms with Gasteiger partial charge in [-0.2, -0.15) is 0 Å². The number of aromatic amines is 1. The molecule has 0 spiro atoms. The number of H-pyrrole nitrogens is 1. The van der Waals surface area contributed by atoms with Crippen LogP contribution in [0.3, 0.4) is 0 Å². The molecule has 0 aromatic carbocycles. The molecule has 2 heterocycles. The maximum Gasteiger partial charge on any atom is 0.0919 e. The maximum atomic E-state index is 3.67. The zero-order valence-corrected chi connectivity index (χ0v) is 12.7. The predicted molar refractivity (Wildman–Crippen MR) is 77.9 cm³/mol. The van der Waals surface area contributed by atoms with Crippen molar-refractivity contribution >= 4 is 34.0 Å². The number of imidazole rings is 1. The average Bonchev–Trinajstić information content (AvgIpc) is 2.79. The van der Waals surface area contributed by atoms with Crippen molar-refractivity contribution in [1.82, 2.24) is 19.8 Å². The third-order valence-electron chi connectivity index (χ3n) is 1.71. The molecule has 4 nitrogen and oxygen atoms in total. The predicted octanol–water partition coefficient (Wildman–Crippen LogP) is 2.41. The molecule has 1 aromatic heterocycles. The quantitative estimate of drug-likeness (QED) is 0.829. The van der Waals surface area contributed by atoms with Crippen molar-refractivity contribution in [3.05, 3.63) is 43.8 Å². The summed E-state index contributed by atoms with van der Waals surface area (Å²) in [5.74, 6) is 0. The van der Waals surface area contributed by atoms with E-state index in [0.29, 0.717) is 0 Å². The number of hydrogen-bond donors (Lipinski definition) is 1. The van der Waals surface area contributed by atoms with Gasteiger partial charge in [0.1, 0.15) is 0 Å². The smallest absolute Gasteiger partial charge is 0.0919 e. The summed E-state index contributed by atoms with van der Waals surface area (Å²) in [5, 5.41) is 0. The molecule has 92 valence electrons. The van der Waals surface area contributed by atoms with E-state index < -0.39 is 0 Å². The van der Waals surface area contributed by atoms with Gasteiger partial charge in [-0.1, -0.05) is 6.08 Å². The Morgan fingerprint density at radius 3 is 2.50 bits per heavy atom. The van der Waals surface area contributed by atoms with Crippen LogP contribution in [0.4, 0.5) is 0 Å². The lowest BCUT2D eigenvalue weighted by atomic mass is 10.6. The van der Waals surface area contributed by atoms with E-state index in [2.05, 4.69) is 45.8 Å². The van der Waals surface area contributed by atoms with Crippen LogP contribution in [0.5, 0.6) is 0 Å². The van der Waals surface area contributed by atoms with Gasteiger partial charge in [-0.25, -0.2) is 4.98 Å². The topological polar surface area (TPSA) is 35.2 Å². The van der Waals surface area contributed by atoms with Crippen LogP contribution in [-0.4, -0.2) is 40.0 Å². The van der Waals surface area contributed by atoms with Gasteiger partial charge in [0, 0.05) is 38.4 Å². The van der Waals surface area contributed by atoms with Gasteiger partial charge in [-0.05, 0) is 0 Å². The summed E-state index contributed by atoms with van der Waals surface area (Å²) in [6, 6.07) is 0. The molecule has 0 amide bonds. The summed E-state index contributed by atoms with van der Waals surface area (Å²) in [5.41, 5.74) is 0. The maximum absolute atomic E-state index is 3.67. The van der Waals surface area contributed by atoms with Gasteiger partial charge >= 0.3 is 0 Å². The highest BCUT2D eigenvalue weighted by Gasteiger charge is 2.04. The lowest BCUT2D eigenvalue weighted by Gasteiger charge is -2.15. The van der Waals surface area contributed by atoms with Crippen molar-refractivity contribution in [2.24, 2.45) is 0 Å². The van der Waals surface area contributed by atoms with Crippen LogP contribution in [-0.2, 0) is 0 Å². The Kier molecular flexibility index (Phi) is 11.9. The van der Waals surface area contributed by atoms with Gasteiger partial charge in [0.25, 0.3) is 0 Å². The van der Waals surface area contributed by atoms with Gasteiger partial charge in [0.05, 0.1) is 13.0 Å². The molecule has 0 radical (unpaired) electrons. The minimum atomic E-state index is 0. The second-order valence-corrected chi connectivity index (χ2v) is 3.02. The highest BCUT2D eigenvalue weighted by Crippen LogP contribution is 2.01. The van der Waals surface area contributed by atoms with Crippen LogP contribution in [0, 0.1) is 0 Å². The highest BCUT2D eigenvalue weighted by molar-refractivity contribution is 8.93. The fraction of sp³-hybridized carbons (Fsp3) is 0.300. The van der Waals surface area contributed by atoms with Crippen molar-refractivity contribution in [1.29, 1.82) is 0 Å².